The fourth-order valence-corrected chi connectivity index (χ4v) is 4.99. The van der Waals surface area contributed by atoms with Crippen molar-refractivity contribution in [3.8, 4) is 0 Å². The summed E-state index contributed by atoms with van der Waals surface area (Å²) in [4.78, 5) is 14.2. The van der Waals surface area contributed by atoms with Crippen LogP contribution in [0.5, 0.6) is 0 Å². The number of amides is 1. The summed E-state index contributed by atoms with van der Waals surface area (Å²) in [5.41, 5.74) is 4.72. The lowest BCUT2D eigenvalue weighted by Gasteiger charge is -2.19. The Kier molecular flexibility index (Phi) is 5.71. The molecule has 1 aliphatic rings. The minimum Gasteiger partial charge on any atom is -0.343 e. The Morgan fingerprint density at radius 1 is 0.917 bits per heavy atom. The van der Waals surface area contributed by atoms with Crippen molar-refractivity contribution in [1.82, 2.24) is 9.62 Å². The standard InChI is InChI=1S/C18H28N2O3S/c1-12-13(2)15(4)18(16(5)14(12)3)24(22,23)19-9-8-17(21)20-10-6-7-11-20/h19H,6-11H2,1-5H3. The van der Waals surface area contributed by atoms with Crippen molar-refractivity contribution >= 4 is 15.9 Å². The molecule has 1 saturated heterocycles. The molecule has 0 unspecified atom stereocenters. The topological polar surface area (TPSA) is 66.5 Å². The van der Waals surface area contributed by atoms with Crippen LogP contribution >= 0.6 is 0 Å². The van der Waals surface area contributed by atoms with E-state index in [4.69, 9.17) is 0 Å². The van der Waals surface area contributed by atoms with Crippen molar-refractivity contribution in [1.29, 1.82) is 0 Å². The van der Waals surface area contributed by atoms with Crippen molar-refractivity contribution in [3.05, 3.63) is 27.8 Å². The van der Waals surface area contributed by atoms with Crippen molar-refractivity contribution in [2.45, 2.75) is 58.8 Å². The highest BCUT2D eigenvalue weighted by Gasteiger charge is 2.24. The molecule has 24 heavy (non-hydrogen) atoms. The van der Waals surface area contributed by atoms with Crippen LogP contribution in [0.3, 0.4) is 0 Å². The smallest absolute Gasteiger partial charge is 0.241 e. The third-order valence-electron chi connectivity index (χ3n) is 5.29. The van der Waals surface area contributed by atoms with Gasteiger partial charge in [0.2, 0.25) is 15.9 Å². The first kappa shape index (κ1) is 18.9. The zero-order valence-electron chi connectivity index (χ0n) is 15.3. The Balaban J connectivity index is 2.15. The maximum atomic E-state index is 12.8. The zero-order chi connectivity index (χ0) is 18.1. The molecule has 1 fully saturated rings. The third-order valence-corrected chi connectivity index (χ3v) is 7.02. The molecule has 0 spiro atoms. The Hall–Kier alpha value is -1.40. The second-order valence-corrected chi connectivity index (χ2v) is 8.39. The van der Waals surface area contributed by atoms with Gasteiger partial charge in [-0.15, -0.1) is 0 Å². The predicted octanol–water partition coefficient (Wildman–Crippen LogP) is 2.52. The lowest BCUT2D eigenvalue weighted by molar-refractivity contribution is -0.129. The van der Waals surface area contributed by atoms with Crippen LogP contribution in [0.1, 0.15) is 47.1 Å². The molecule has 1 heterocycles. The van der Waals surface area contributed by atoms with Crippen LogP contribution in [-0.4, -0.2) is 38.9 Å². The van der Waals surface area contributed by atoms with E-state index in [1.54, 1.807) is 0 Å². The first-order valence-electron chi connectivity index (χ1n) is 8.51. The molecule has 5 nitrogen and oxygen atoms in total. The summed E-state index contributed by atoms with van der Waals surface area (Å²) in [6, 6.07) is 0. The highest BCUT2D eigenvalue weighted by molar-refractivity contribution is 7.89. The number of nitrogens with zero attached hydrogens (tertiary/aromatic N) is 1. The van der Waals surface area contributed by atoms with Gasteiger partial charge >= 0.3 is 0 Å². The van der Waals surface area contributed by atoms with Crippen LogP contribution < -0.4 is 4.72 Å². The second-order valence-electron chi connectivity index (χ2n) is 6.69. The summed E-state index contributed by atoms with van der Waals surface area (Å²) < 4.78 is 28.1. The van der Waals surface area contributed by atoms with Crippen molar-refractivity contribution in [2.24, 2.45) is 0 Å². The summed E-state index contributed by atoms with van der Waals surface area (Å²) in [5, 5.41) is 0. The Labute approximate surface area is 145 Å². The molecule has 1 aromatic rings. The van der Waals surface area contributed by atoms with Crippen LogP contribution in [0.25, 0.3) is 0 Å². The van der Waals surface area contributed by atoms with Gasteiger partial charge in [0.25, 0.3) is 0 Å². The third kappa shape index (κ3) is 3.64. The molecule has 134 valence electrons. The largest absolute Gasteiger partial charge is 0.343 e. The van der Waals surface area contributed by atoms with Crippen LogP contribution in [-0.2, 0) is 14.8 Å². The number of hydrogen-bond donors (Lipinski definition) is 1. The highest BCUT2D eigenvalue weighted by Crippen LogP contribution is 2.29. The first-order chi connectivity index (χ1) is 11.2. The minimum atomic E-state index is -3.62. The quantitative estimate of drug-likeness (QED) is 0.885. The fraction of sp³-hybridized carbons (Fsp3) is 0.611. The molecule has 0 radical (unpaired) electrons. The number of rotatable bonds is 5. The average molecular weight is 353 g/mol. The lowest BCUT2D eigenvalue weighted by Crippen LogP contribution is -2.33. The number of benzene rings is 1. The van der Waals surface area contributed by atoms with Gasteiger partial charge in [-0.1, -0.05) is 0 Å². The average Bonchev–Trinajstić information content (AvgIpc) is 3.05. The molecule has 1 aliphatic heterocycles. The van der Waals surface area contributed by atoms with Crippen molar-refractivity contribution in [2.75, 3.05) is 19.6 Å². The van der Waals surface area contributed by atoms with Crippen LogP contribution in [0.2, 0.25) is 0 Å². The summed E-state index contributed by atoms with van der Waals surface area (Å²) in [5.74, 6) is 0.0277. The number of likely N-dealkylation sites (tertiary alicyclic amines) is 1. The van der Waals surface area contributed by atoms with Gasteiger partial charge in [0.1, 0.15) is 0 Å². The summed E-state index contributed by atoms with van der Waals surface area (Å²) in [7, 11) is -3.62. The van der Waals surface area contributed by atoms with E-state index in [0.29, 0.717) is 4.90 Å². The van der Waals surface area contributed by atoms with E-state index in [1.165, 1.54) is 0 Å². The maximum absolute atomic E-state index is 12.8. The van der Waals surface area contributed by atoms with Crippen molar-refractivity contribution in [3.63, 3.8) is 0 Å². The lowest BCUT2D eigenvalue weighted by atomic mass is 9.95. The molecule has 1 N–H and O–H groups in total. The molecule has 0 atom stereocenters. The predicted molar refractivity (Wildman–Crippen MR) is 95.7 cm³/mol. The number of sulfonamides is 1. The Morgan fingerprint density at radius 2 is 1.38 bits per heavy atom. The van der Waals surface area contributed by atoms with E-state index in [2.05, 4.69) is 4.72 Å². The Bertz CT molecular complexity index is 719. The van der Waals surface area contributed by atoms with E-state index >= 15 is 0 Å². The van der Waals surface area contributed by atoms with Gasteiger partial charge in [-0.2, -0.15) is 0 Å². The fourth-order valence-electron chi connectivity index (χ4n) is 3.36. The monoisotopic (exact) mass is 352 g/mol. The molecule has 0 aromatic heterocycles. The number of carbonyl (C=O) groups is 1. The van der Waals surface area contributed by atoms with E-state index in [0.717, 1.165) is 53.7 Å². The normalized spacial score (nSPS) is 15.1. The van der Waals surface area contributed by atoms with Gasteiger partial charge in [-0.3, -0.25) is 4.79 Å². The van der Waals surface area contributed by atoms with Gasteiger partial charge in [0.05, 0.1) is 4.90 Å². The summed E-state index contributed by atoms with van der Waals surface area (Å²) in [6.45, 7) is 11.3. The second kappa shape index (κ2) is 7.23. The van der Waals surface area contributed by atoms with Crippen LogP contribution in [0.15, 0.2) is 4.90 Å². The van der Waals surface area contributed by atoms with Crippen LogP contribution in [0, 0.1) is 34.6 Å². The molecule has 1 aromatic carbocycles. The molecule has 6 heteroatoms. The molecule has 2 rings (SSSR count). The highest BCUT2D eigenvalue weighted by atomic mass is 32.2. The summed E-state index contributed by atoms with van der Waals surface area (Å²) in [6.07, 6.45) is 2.29. The van der Waals surface area contributed by atoms with E-state index in [1.807, 2.05) is 39.5 Å². The van der Waals surface area contributed by atoms with Gasteiger partial charge in [-0.05, 0) is 75.3 Å². The van der Waals surface area contributed by atoms with Gasteiger partial charge < -0.3 is 4.90 Å². The number of carbonyl (C=O) groups excluding carboxylic acids is 1. The first-order valence-corrected chi connectivity index (χ1v) is 9.99. The summed E-state index contributed by atoms with van der Waals surface area (Å²) >= 11 is 0. The van der Waals surface area contributed by atoms with E-state index < -0.39 is 10.0 Å². The molecular formula is C18H28N2O3S. The molecule has 0 bridgehead atoms. The van der Waals surface area contributed by atoms with Gasteiger partial charge in [0.15, 0.2) is 0 Å². The SMILES string of the molecule is Cc1c(C)c(C)c(S(=O)(=O)NCCC(=O)N2CCCC2)c(C)c1C. The number of hydrogen-bond acceptors (Lipinski definition) is 3. The molecule has 0 aliphatic carbocycles. The Morgan fingerprint density at radius 3 is 1.88 bits per heavy atom. The molecule has 1 amide bonds. The van der Waals surface area contributed by atoms with Gasteiger partial charge in [-0.25, -0.2) is 13.1 Å². The zero-order valence-corrected chi connectivity index (χ0v) is 16.1. The van der Waals surface area contributed by atoms with Gasteiger partial charge in [0, 0.05) is 26.1 Å². The molecule has 0 saturated carbocycles. The molecular weight excluding hydrogens is 324 g/mol. The number of nitrogens with one attached hydrogen (secondary N) is 1. The van der Waals surface area contributed by atoms with E-state index in [-0.39, 0.29) is 18.9 Å². The minimum absolute atomic E-state index is 0.0277. The van der Waals surface area contributed by atoms with Crippen LogP contribution in [0.4, 0.5) is 0 Å². The maximum Gasteiger partial charge on any atom is 0.241 e. The van der Waals surface area contributed by atoms with E-state index in [9.17, 15) is 13.2 Å². The van der Waals surface area contributed by atoms with Crippen molar-refractivity contribution < 1.29 is 13.2 Å².